The van der Waals surface area contributed by atoms with E-state index in [0.29, 0.717) is 19.5 Å². The first-order valence-corrected chi connectivity index (χ1v) is 9.22. The maximum Gasteiger partial charge on any atom is 0.227 e. The Morgan fingerprint density at radius 1 is 1.12 bits per heavy atom. The minimum Gasteiger partial charge on any atom is -0.342 e. The average Bonchev–Trinajstić information content (AvgIpc) is 3.05. The molecular weight excluding hydrogens is 368 g/mol. The van der Waals surface area contributed by atoms with Crippen molar-refractivity contribution in [3.63, 3.8) is 0 Å². The van der Waals surface area contributed by atoms with Crippen LogP contribution in [0.1, 0.15) is 16.1 Å². The number of hydrogen-bond acceptors (Lipinski definition) is 5. The summed E-state index contributed by atoms with van der Waals surface area (Å²) in [5.74, 6) is 0.189. The quantitative estimate of drug-likeness (QED) is 0.693. The standard InChI is InChI=1S/C19H18N4OS.ClH/c24-18(12-15-2-1-11-25-15)23-9-5-16-17(6-10-23)21-13-22-19(16)14-3-7-20-8-4-14;/h1-4,7-8,11,13H,5-6,9-10,12H2;1H. The molecule has 0 aliphatic carbocycles. The normalized spacial score (nSPS) is 13.5. The van der Waals surface area contributed by atoms with E-state index >= 15 is 0 Å². The van der Waals surface area contributed by atoms with E-state index in [2.05, 4.69) is 15.0 Å². The lowest BCUT2D eigenvalue weighted by molar-refractivity contribution is -0.130. The minimum absolute atomic E-state index is 0. The lowest BCUT2D eigenvalue weighted by Crippen LogP contribution is -2.34. The maximum absolute atomic E-state index is 12.6. The van der Waals surface area contributed by atoms with Crippen molar-refractivity contribution in [3.8, 4) is 11.3 Å². The summed E-state index contributed by atoms with van der Waals surface area (Å²) in [4.78, 5) is 28.7. The van der Waals surface area contributed by atoms with Gasteiger partial charge in [-0.05, 0) is 30.0 Å². The van der Waals surface area contributed by atoms with Gasteiger partial charge in [-0.3, -0.25) is 9.78 Å². The van der Waals surface area contributed by atoms with Crippen LogP contribution in [0.25, 0.3) is 11.3 Å². The van der Waals surface area contributed by atoms with Crippen molar-refractivity contribution in [3.05, 3.63) is 64.5 Å². The smallest absolute Gasteiger partial charge is 0.227 e. The number of rotatable bonds is 3. The number of fused-ring (bicyclic) bond motifs is 1. The Morgan fingerprint density at radius 2 is 1.92 bits per heavy atom. The molecule has 1 aliphatic rings. The van der Waals surface area contributed by atoms with Crippen molar-refractivity contribution in [1.29, 1.82) is 0 Å². The van der Waals surface area contributed by atoms with E-state index in [-0.39, 0.29) is 18.3 Å². The summed E-state index contributed by atoms with van der Waals surface area (Å²) in [6.45, 7) is 1.42. The fourth-order valence-corrected chi connectivity index (χ4v) is 3.90. The van der Waals surface area contributed by atoms with Crippen LogP contribution in [0.4, 0.5) is 0 Å². The number of hydrogen-bond donors (Lipinski definition) is 0. The highest BCUT2D eigenvalue weighted by Gasteiger charge is 2.22. The summed E-state index contributed by atoms with van der Waals surface area (Å²) in [6.07, 6.45) is 7.21. The van der Waals surface area contributed by atoms with Crippen LogP contribution in [0.3, 0.4) is 0 Å². The Bertz CT molecular complexity index is 871. The zero-order valence-corrected chi connectivity index (χ0v) is 15.8. The predicted molar refractivity (Wildman–Crippen MR) is 105 cm³/mol. The summed E-state index contributed by atoms with van der Waals surface area (Å²) in [5, 5.41) is 2.01. The number of nitrogens with zero attached hydrogens (tertiary/aromatic N) is 4. The Labute approximate surface area is 162 Å². The van der Waals surface area contributed by atoms with E-state index < -0.39 is 0 Å². The Kier molecular flexibility index (Phi) is 5.96. The van der Waals surface area contributed by atoms with E-state index in [0.717, 1.165) is 40.2 Å². The van der Waals surface area contributed by atoms with Crippen LogP contribution >= 0.6 is 23.7 Å². The molecule has 0 fully saturated rings. The van der Waals surface area contributed by atoms with Gasteiger partial charge in [0, 0.05) is 53.6 Å². The molecule has 1 aliphatic heterocycles. The van der Waals surface area contributed by atoms with E-state index in [4.69, 9.17) is 0 Å². The number of carbonyl (C=O) groups is 1. The van der Waals surface area contributed by atoms with Gasteiger partial charge in [0.1, 0.15) is 6.33 Å². The Morgan fingerprint density at radius 3 is 2.69 bits per heavy atom. The molecule has 0 atom stereocenters. The van der Waals surface area contributed by atoms with E-state index in [9.17, 15) is 4.79 Å². The molecule has 0 aromatic carbocycles. The third-order valence-electron chi connectivity index (χ3n) is 4.50. The molecule has 4 heterocycles. The molecule has 3 aromatic rings. The molecule has 4 rings (SSSR count). The third-order valence-corrected chi connectivity index (χ3v) is 5.37. The van der Waals surface area contributed by atoms with Gasteiger partial charge in [-0.2, -0.15) is 0 Å². The first kappa shape index (κ1) is 18.5. The SMILES string of the molecule is Cl.O=C(Cc1cccs1)N1CCc2ncnc(-c3ccncc3)c2CC1. The van der Waals surface area contributed by atoms with Crippen molar-refractivity contribution in [2.24, 2.45) is 0 Å². The first-order valence-electron chi connectivity index (χ1n) is 8.34. The lowest BCUT2D eigenvalue weighted by atomic mass is 10.0. The zero-order valence-electron chi connectivity index (χ0n) is 14.2. The molecule has 0 saturated carbocycles. The largest absolute Gasteiger partial charge is 0.342 e. The van der Waals surface area contributed by atoms with Crippen LogP contribution in [0.2, 0.25) is 0 Å². The fourth-order valence-electron chi connectivity index (χ4n) is 3.21. The van der Waals surface area contributed by atoms with Gasteiger partial charge in [-0.1, -0.05) is 6.07 Å². The van der Waals surface area contributed by atoms with Gasteiger partial charge in [-0.15, -0.1) is 23.7 Å². The van der Waals surface area contributed by atoms with Crippen LogP contribution < -0.4 is 0 Å². The highest BCUT2D eigenvalue weighted by atomic mass is 35.5. The molecule has 7 heteroatoms. The molecule has 1 amide bonds. The monoisotopic (exact) mass is 386 g/mol. The van der Waals surface area contributed by atoms with Gasteiger partial charge in [0.05, 0.1) is 12.1 Å². The number of thiophene rings is 1. The zero-order chi connectivity index (χ0) is 17.1. The van der Waals surface area contributed by atoms with Crippen LogP contribution in [-0.4, -0.2) is 38.8 Å². The average molecular weight is 387 g/mol. The van der Waals surface area contributed by atoms with Crippen LogP contribution in [0, 0.1) is 0 Å². The van der Waals surface area contributed by atoms with Crippen molar-refractivity contribution < 1.29 is 4.79 Å². The summed E-state index contributed by atoms with van der Waals surface area (Å²) < 4.78 is 0. The molecule has 0 radical (unpaired) electrons. The van der Waals surface area contributed by atoms with Crippen molar-refractivity contribution >= 4 is 29.7 Å². The second-order valence-corrected chi connectivity index (χ2v) is 7.05. The number of pyridine rings is 1. The molecule has 5 nitrogen and oxygen atoms in total. The van der Waals surface area contributed by atoms with Crippen molar-refractivity contribution in [2.75, 3.05) is 13.1 Å². The first-order chi connectivity index (χ1) is 12.3. The molecule has 3 aromatic heterocycles. The summed E-state index contributed by atoms with van der Waals surface area (Å²) in [7, 11) is 0. The summed E-state index contributed by atoms with van der Waals surface area (Å²) in [6, 6.07) is 7.94. The number of aromatic nitrogens is 3. The molecule has 0 bridgehead atoms. The fraction of sp³-hybridized carbons (Fsp3) is 0.263. The summed E-state index contributed by atoms with van der Waals surface area (Å²) in [5.41, 5.74) is 4.21. The van der Waals surface area contributed by atoms with Gasteiger partial charge in [0.15, 0.2) is 0 Å². The van der Waals surface area contributed by atoms with E-state index in [1.807, 2.05) is 34.5 Å². The topological polar surface area (TPSA) is 59.0 Å². The molecule has 0 spiro atoms. The van der Waals surface area contributed by atoms with Crippen LogP contribution in [-0.2, 0) is 24.1 Å². The summed E-state index contributed by atoms with van der Waals surface area (Å²) >= 11 is 1.63. The molecule has 0 unspecified atom stereocenters. The van der Waals surface area contributed by atoms with Crippen molar-refractivity contribution in [1.82, 2.24) is 19.9 Å². The molecule has 0 N–H and O–H groups in total. The highest BCUT2D eigenvalue weighted by Crippen LogP contribution is 2.25. The van der Waals surface area contributed by atoms with E-state index in [1.54, 1.807) is 30.1 Å². The van der Waals surface area contributed by atoms with Gasteiger partial charge in [-0.25, -0.2) is 9.97 Å². The Hall–Kier alpha value is -2.31. The third kappa shape index (κ3) is 3.92. The van der Waals surface area contributed by atoms with Gasteiger partial charge in [0.2, 0.25) is 5.91 Å². The molecule has 0 saturated heterocycles. The van der Waals surface area contributed by atoms with Crippen LogP contribution in [0.15, 0.2) is 48.4 Å². The van der Waals surface area contributed by atoms with Gasteiger partial charge < -0.3 is 4.90 Å². The second-order valence-electron chi connectivity index (χ2n) is 6.02. The van der Waals surface area contributed by atoms with Crippen molar-refractivity contribution in [2.45, 2.75) is 19.3 Å². The predicted octanol–water partition coefficient (Wildman–Crippen LogP) is 3.19. The number of amides is 1. The Balaban J connectivity index is 0.00000196. The second kappa shape index (κ2) is 8.38. The lowest BCUT2D eigenvalue weighted by Gasteiger charge is -2.19. The van der Waals surface area contributed by atoms with Gasteiger partial charge >= 0.3 is 0 Å². The van der Waals surface area contributed by atoms with Gasteiger partial charge in [0.25, 0.3) is 0 Å². The molecular formula is C19H19ClN4OS. The highest BCUT2D eigenvalue weighted by molar-refractivity contribution is 7.10. The number of carbonyl (C=O) groups excluding carboxylic acids is 1. The maximum atomic E-state index is 12.6. The van der Waals surface area contributed by atoms with Crippen LogP contribution in [0.5, 0.6) is 0 Å². The minimum atomic E-state index is 0. The van der Waals surface area contributed by atoms with E-state index in [1.165, 1.54) is 0 Å². The molecule has 134 valence electrons. The molecule has 26 heavy (non-hydrogen) atoms. The number of halogens is 1.